The Hall–Kier alpha value is -2.74. The molecule has 0 spiro atoms. The number of nitrogens with one attached hydrogen (secondary N) is 1. The molecule has 1 aromatic heterocycles. The summed E-state index contributed by atoms with van der Waals surface area (Å²) in [4.78, 5) is 22.9. The van der Waals surface area contributed by atoms with Gasteiger partial charge >= 0.3 is 0 Å². The van der Waals surface area contributed by atoms with E-state index in [-0.39, 0.29) is 17.2 Å². The number of nitro benzene ring substituents is 1. The van der Waals surface area contributed by atoms with Crippen LogP contribution < -0.4 is 5.32 Å². The third-order valence-corrected chi connectivity index (χ3v) is 4.42. The van der Waals surface area contributed by atoms with Crippen LogP contribution in [0.15, 0.2) is 30.6 Å². The molecule has 1 N–H and O–H groups in total. The lowest BCUT2D eigenvalue weighted by molar-refractivity contribution is -0.385. The third-order valence-electron chi connectivity index (χ3n) is 4.42. The molecule has 8 nitrogen and oxygen atoms in total. The largest absolute Gasteiger partial charge is 0.381 e. The average molecular weight is 344 g/mol. The second-order valence-electron chi connectivity index (χ2n) is 6.17. The van der Waals surface area contributed by atoms with E-state index < -0.39 is 4.92 Å². The molecule has 0 bridgehead atoms. The fourth-order valence-corrected chi connectivity index (χ4v) is 2.99. The predicted molar refractivity (Wildman–Crippen MR) is 91.6 cm³/mol. The molecule has 1 aromatic carbocycles. The molecule has 8 heteroatoms. The van der Waals surface area contributed by atoms with Gasteiger partial charge in [0.25, 0.3) is 11.6 Å². The summed E-state index contributed by atoms with van der Waals surface area (Å²) in [6, 6.07) is 4.47. The molecule has 2 aromatic rings. The van der Waals surface area contributed by atoms with Gasteiger partial charge in [-0.3, -0.25) is 19.6 Å². The van der Waals surface area contributed by atoms with Crippen molar-refractivity contribution in [3.05, 3.63) is 51.8 Å². The van der Waals surface area contributed by atoms with Crippen molar-refractivity contribution in [1.82, 2.24) is 9.78 Å². The normalized spacial score (nSPS) is 15.1. The van der Waals surface area contributed by atoms with Crippen molar-refractivity contribution in [1.29, 1.82) is 0 Å². The van der Waals surface area contributed by atoms with Gasteiger partial charge in [-0.2, -0.15) is 5.10 Å². The quantitative estimate of drug-likeness (QED) is 0.664. The maximum absolute atomic E-state index is 12.4. The minimum atomic E-state index is -0.488. The second-order valence-corrected chi connectivity index (χ2v) is 6.17. The van der Waals surface area contributed by atoms with E-state index in [4.69, 9.17) is 4.74 Å². The molecule has 0 unspecified atom stereocenters. The van der Waals surface area contributed by atoms with Crippen LogP contribution in [0.3, 0.4) is 0 Å². The third kappa shape index (κ3) is 4.03. The molecule has 0 aliphatic carbocycles. The first-order valence-electron chi connectivity index (χ1n) is 8.20. The molecule has 1 amide bonds. The highest BCUT2D eigenvalue weighted by atomic mass is 16.6. The van der Waals surface area contributed by atoms with Gasteiger partial charge in [0, 0.05) is 43.1 Å². The molecular weight excluding hydrogens is 324 g/mol. The first kappa shape index (κ1) is 17.1. The van der Waals surface area contributed by atoms with Crippen molar-refractivity contribution < 1.29 is 14.5 Å². The number of anilines is 1. The maximum atomic E-state index is 12.4. The minimum Gasteiger partial charge on any atom is -0.381 e. The van der Waals surface area contributed by atoms with Gasteiger partial charge in [-0.1, -0.05) is 6.07 Å². The summed E-state index contributed by atoms with van der Waals surface area (Å²) in [5.74, 6) is 0.142. The van der Waals surface area contributed by atoms with Crippen LogP contribution in [0.4, 0.5) is 11.4 Å². The number of nitro groups is 1. The first-order valence-corrected chi connectivity index (χ1v) is 8.20. The molecule has 0 saturated carbocycles. The van der Waals surface area contributed by atoms with Gasteiger partial charge in [0.05, 0.1) is 16.8 Å². The Morgan fingerprint density at radius 3 is 2.92 bits per heavy atom. The van der Waals surface area contributed by atoms with E-state index in [9.17, 15) is 14.9 Å². The summed E-state index contributed by atoms with van der Waals surface area (Å²) in [5, 5.41) is 18.0. The molecule has 132 valence electrons. The highest BCUT2D eigenvalue weighted by Crippen LogP contribution is 2.22. The fraction of sp³-hybridized carbons (Fsp3) is 0.412. The number of hydrogen-bond donors (Lipinski definition) is 1. The number of carbonyl (C=O) groups excluding carboxylic acids is 1. The van der Waals surface area contributed by atoms with Crippen LogP contribution in [0.1, 0.15) is 28.8 Å². The number of carbonyl (C=O) groups is 1. The van der Waals surface area contributed by atoms with Crippen molar-refractivity contribution in [2.45, 2.75) is 26.3 Å². The summed E-state index contributed by atoms with van der Waals surface area (Å²) >= 11 is 0. The van der Waals surface area contributed by atoms with Gasteiger partial charge in [0.15, 0.2) is 0 Å². The van der Waals surface area contributed by atoms with Gasteiger partial charge in [-0.05, 0) is 31.7 Å². The van der Waals surface area contributed by atoms with E-state index in [1.807, 2.05) is 4.68 Å². The Labute approximate surface area is 144 Å². The summed E-state index contributed by atoms with van der Waals surface area (Å²) in [7, 11) is 0. The van der Waals surface area contributed by atoms with Gasteiger partial charge in [-0.15, -0.1) is 0 Å². The zero-order valence-corrected chi connectivity index (χ0v) is 14.0. The molecule has 0 radical (unpaired) electrons. The Bertz CT molecular complexity index is 781. The Kier molecular flexibility index (Phi) is 5.08. The Morgan fingerprint density at radius 2 is 2.20 bits per heavy atom. The standard InChI is InChI=1S/C17H20N4O4/c1-12-15(3-2-4-16(12)21(23)24)17(22)19-14-9-18-20(11-14)10-13-5-7-25-8-6-13/h2-4,9,11,13H,5-8,10H2,1H3,(H,19,22). The maximum Gasteiger partial charge on any atom is 0.273 e. The minimum absolute atomic E-state index is 0.0668. The summed E-state index contributed by atoms with van der Waals surface area (Å²) < 4.78 is 7.16. The van der Waals surface area contributed by atoms with Crippen molar-refractivity contribution in [2.75, 3.05) is 18.5 Å². The van der Waals surface area contributed by atoms with Crippen molar-refractivity contribution in [3.8, 4) is 0 Å². The van der Waals surface area contributed by atoms with Crippen molar-refractivity contribution in [3.63, 3.8) is 0 Å². The van der Waals surface area contributed by atoms with Gasteiger partial charge in [0.1, 0.15) is 0 Å². The van der Waals surface area contributed by atoms with Crippen LogP contribution in [0, 0.1) is 23.0 Å². The average Bonchev–Trinajstić information content (AvgIpc) is 3.02. The van der Waals surface area contributed by atoms with E-state index in [0.717, 1.165) is 32.6 Å². The van der Waals surface area contributed by atoms with E-state index in [2.05, 4.69) is 10.4 Å². The molecule has 0 atom stereocenters. The number of aromatic nitrogens is 2. The van der Waals surface area contributed by atoms with Crippen LogP contribution in [0.25, 0.3) is 0 Å². The molecule has 1 fully saturated rings. The highest BCUT2D eigenvalue weighted by Gasteiger charge is 2.19. The second kappa shape index (κ2) is 7.43. The van der Waals surface area contributed by atoms with Crippen LogP contribution >= 0.6 is 0 Å². The lowest BCUT2D eigenvalue weighted by Crippen LogP contribution is -2.20. The van der Waals surface area contributed by atoms with Crippen LogP contribution in [0.5, 0.6) is 0 Å². The topological polar surface area (TPSA) is 99.3 Å². The van der Waals surface area contributed by atoms with Crippen molar-refractivity contribution in [2.24, 2.45) is 5.92 Å². The van der Waals surface area contributed by atoms with E-state index in [1.54, 1.807) is 25.4 Å². The zero-order valence-electron chi connectivity index (χ0n) is 14.0. The highest BCUT2D eigenvalue weighted by molar-refractivity contribution is 6.05. The van der Waals surface area contributed by atoms with Gasteiger partial charge in [-0.25, -0.2) is 0 Å². The van der Waals surface area contributed by atoms with E-state index in [1.165, 1.54) is 12.1 Å². The lowest BCUT2D eigenvalue weighted by atomic mass is 10.0. The monoisotopic (exact) mass is 344 g/mol. The fourth-order valence-electron chi connectivity index (χ4n) is 2.99. The zero-order chi connectivity index (χ0) is 17.8. The van der Waals surface area contributed by atoms with E-state index >= 15 is 0 Å². The number of rotatable bonds is 5. The van der Waals surface area contributed by atoms with Gasteiger partial charge < -0.3 is 10.1 Å². The van der Waals surface area contributed by atoms with Crippen LogP contribution in [-0.4, -0.2) is 33.8 Å². The molecular formula is C17H20N4O4. The SMILES string of the molecule is Cc1c(C(=O)Nc2cnn(CC3CCOCC3)c2)cccc1[N+](=O)[O-]. The summed E-state index contributed by atoms with van der Waals surface area (Å²) in [5.41, 5.74) is 1.14. The smallest absolute Gasteiger partial charge is 0.273 e. The van der Waals surface area contributed by atoms with Crippen LogP contribution in [0.2, 0.25) is 0 Å². The lowest BCUT2D eigenvalue weighted by Gasteiger charge is -2.21. The van der Waals surface area contributed by atoms with E-state index in [0.29, 0.717) is 17.2 Å². The number of amides is 1. The molecule has 1 aliphatic heterocycles. The predicted octanol–water partition coefficient (Wildman–Crippen LogP) is 2.78. The van der Waals surface area contributed by atoms with Gasteiger partial charge in [0.2, 0.25) is 0 Å². The summed E-state index contributed by atoms with van der Waals surface area (Å²) in [6.07, 6.45) is 5.38. The Morgan fingerprint density at radius 1 is 1.44 bits per heavy atom. The summed E-state index contributed by atoms with van der Waals surface area (Å²) in [6.45, 7) is 3.92. The number of ether oxygens (including phenoxy) is 1. The number of nitrogens with zero attached hydrogens (tertiary/aromatic N) is 3. The molecule has 3 rings (SSSR count). The Balaban J connectivity index is 1.67. The van der Waals surface area contributed by atoms with Crippen molar-refractivity contribution >= 4 is 17.3 Å². The molecule has 25 heavy (non-hydrogen) atoms. The first-order chi connectivity index (χ1) is 12.0. The number of benzene rings is 1. The van der Waals surface area contributed by atoms with Crippen LogP contribution in [-0.2, 0) is 11.3 Å². The molecule has 2 heterocycles. The number of hydrogen-bond acceptors (Lipinski definition) is 5. The molecule has 1 aliphatic rings. The molecule has 1 saturated heterocycles.